The molecule has 0 spiro atoms. The Labute approximate surface area is 255 Å². The van der Waals surface area contributed by atoms with Crippen molar-refractivity contribution >= 4 is 10.8 Å². The van der Waals surface area contributed by atoms with Crippen LogP contribution in [0.5, 0.6) is 0 Å². The average molecular weight is 719 g/mol. The van der Waals surface area contributed by atoms with E-state index in [4.69, 9.17) is 0 Å². The molecule has 1 radical (unpaired) electrons. The molecule has 6 rings (SSSR count). The van der Waals surface area contributed by atoms with Crippen LogP contribution in [-0.2, 0) is 20.1 Å². The van der Waals surface area contributed by atoms with Gasteiger partial charge in [0.2, 0.25) is 0 Å². The van der Waals surface area contributed by atoms with Crippen LogP contribution >= 0.6 is 0 Å². The van der Waals surface area contributed by atoms with Crippen LogP contribution in [0.4, 0.5) is 0 Å². The summed E-state index contributed by atoms with van der Waals surface area (Å²) < 4.78 is 0. The number of nitrogens with zero attached hydrogens (tertiary/aromatic N) is 1. The van der Waals surface area contributed by atoms with Gasteiger partial charge in [0.15, 0.2) is 0 Å². The number of rotatable bonds is 2. The summed E-state index contributed by atoms with van der Waals surface area (Å²) >= 11 is 0. The first-order chi connectivity index (χ1) is 18.5. The molecule has 3 fully saturated rings. The van der Waals surface area contributed by atoms with Crippen molar-refractivity contribution in [2.24, 2.45) is 22.7 Å². The zero-order valence-corrected chi connectivity index (χ0v) is 27.7. The van der Waals surface area contributed by atoms with E-state index in [1.807, 2.05) is 6.20 Å². The smallest absolute Gasteiger partial charge is 0.0646 e. The van der Waals surface area contributed by atoms with Crippen molar-refractivity contribution in [1.29, 1.82) is 0 Å². The fourth-order valence-corrected chi connectivity index (χ4v) is 7.87. The monoisotopic (exact) mass is 719 g/mol. The van der Waals surface area contributed by atoms with Crippen LogP contribution < -0.4 is 0 Å². The quantitative estimate of drug-likeness (QED) is 0.261. The first kappa shape index (κ1) is 31.4. The van der Waals surface area contributed by atoms with E-state index in [0.717, 1.165) is 30.0 Å². The molecular weight excluding hydrogens is 671 g/mol. The van der Waals surface area contributed by atoms with Crippen molar-refractivity contribution in [3.05, 3.63) is 65.4 Å². The van der Waals surface area contributed by atoms with Gasteiger partial charge in [-0.15, -0.1) is 34.9 Å². The minimum absolute atomic E-state index is 0. The summed E-state index contributed by atoms with van der Waals surface area (Å²) in [6, 6.07) is 16.9. The number of hydrogen-bond acceptors (Lipinski definition) is 3. The van der Waals surface area contributed by atoms with Crippen LogP contribution in [-0.4, -0.2) is 27.4 Å². The molecule has 4 unspecified atom stereocenters. The van der Waals surface area contributed by atoms with Crippen LogP contribution in [0, 0.1) is 42.6 Å². The fraction of sp³-hybridized carbons (Fsp3) is 0.583. The molecule has 1 aromatic heterocycles. The Hall–Kier alpha value is -1.58. The Morgan fingerprint density at radius 3 is 2.25 bits per heavy atom. The number of aryl methyl sites for hydroxylation is 2. The number of hydrogen-bond donors (Lipinski definition) is 2. The Morgan fingerprint density at radius 2 is 1.55 bits per heavy atom. The van der Waals surface area contributed by atoms with E-state index in [2.05, 4.69) is 89.0 Å². The number of aliphatic hydroxyl groups is 2. The molecule has 2 N–H and O–H groups in total. The van der Waals surface area contributed by atoms with Crippen LogP contribution in [0.2, 0.25) is 0 Å². The molecule has 4 atom stereocenters. The molecule has 40 heavy (non-hydrogen) atoms. The largest absolute Gasteiger partial charge is 0.392 e. The van der Waals surface area contributed by atoms with E-state index in [0.29, 0.717) is 5.92 Å². The normalized spacial score (nSPS) is 27.3. The molecule has 0 bridgehead atoms. The second-order valence-corrected chi connectivity index (χ2v) is 14.2. The molecule has 0 amide bonds. The average Bonchev–Trinajstić information content (AvgIpc) is 3.46. The summed E-state index contributed by atoms with van der Waals surface area (Å²) in [6.45, 7) is 12.8. The molecule has 0 aliphatic heterocycles. The maximum absolute atomic E-state index is 10.5. The van der Waals surface area contributed by atoms with E-state index in [9.17, 15) is 10.2 Å². The maximum atomic E-state index is 10.5. The van der Waals surface area contributed by atoms with Gasteiger partial charge in [0.25, 0.3) is 0 Å². The first-order valence-corrected chi connectivity index (χ1v) is 15.2. The summed E-state index contributed by atoms with van der Waals surface area (Å²) in [5.41, 5.74) is 6.01. The molecule has 3 saturated carbocycles. The molecule has 219 valence electrons. The summed E-state index contributed by atoms with van der Waals surface area (Å²) in [5, 5.41) is 23.5. The third kappa shape index (κ3) is 6.41. The summed E-state index contributed by atoms with van der Waals surface area (Å²) in [4.78, 5) is 4.66. The zero-order chi connectivity index (χ0) is 27.9. The topological polar surface area (TPSA) is 53.4 Å². The number of aliphatic hydroxyl groups excluding tert-OH is 2. The van der Waals surface area contributed by atoms with Crippen molar-refractivity contribution in [1.82, 2.24) is 4.98 Å². The predicted octanol–water partition coefficient (Wildman–Crippen LogP) is 8.55. The van der Waals surface area contributed by atoms with Gasteiger partial charge in [0, 0.05) is 32.2 Å². The summed E-state index contributed by atoms with van der Waals surface area (Å²) in [6.07, 6.45) is 11.2. The SMILES string of the molecule is CC1(C)CCCC2CC(C)(C)C(O)C2C1O.Cc1[c-]c(-c2nccc3cc(C4CCCC4)ccc23)cc(C)c1.[Ir]. The number of pyridine rings is 1. The van der Waals surface area contributed by atoms with Crippen molar-refractivity contribution in [2.45, 2.75) is 111 Å². The van der Waals surface area contributed by atoms with E-state index in [1.165, 1.54) is 66.0 Å². The Balaban J connectivity index is 0.000000192. The third-order valence-electron chi connectivity index (χ3n) is 10.1. The Morgan fingerprint density at radius 1 is 0.850 bits per heavy atom. The second kappa shape index (κ2) is 12.3. The van der Waals surface area contributed by atoms with Crippen molar-refractivity contribution in [3.63, 3.8) is 0 Å². The molecule has 4 heteroatoms. The Kier molecular flexibility index (Phi) is 9.67. The minimum Gasteiger partial charge on any atom is -0.392 e. The van der Waals surface area contributed by atoms with E-state index in [1.54, 1.807) is 0 Å². The Bertz CT molecular complexity index is 1290. The van der Waals surface area contributed by atoms with Gasteiger partial charge in [-0.3, -0.25) is 0 Å². The first-order valence-electron chi connectivity index (χ1n) is 15.2. The summed E-state index contributed by atoms with van der Waals surface area (Å²) in [7, 11) is 0. The number of fused-ring (bicyclic) bond motifs is 2. The van der Waals surface area contributed by atoms with E-state index < -0.39 is 0 Å². The van der Waals surface area contributed by atoms with Gasteiger partial charge >= 0.3 is 0 Å². The molecule has 1 heterocycles. The fourth-order valence-electron chi connectivity index (χ4n) is 7.87. The van der Waals surface area contributed by atoms with Gasteiger partial charge in [-0.2, -0.15) is 0 Å². The van der Waals surface area contributed by atoms with Crippen molar-refractivity contribution in [2.75, 3.05) is 0 Å². The van der Waals surface area contributed by atoms with Gasteiger partial charge in [-0.1, -0.05) is 79.0 Å². The van der Waals surface area contributed by atoms with Crippen LogP contribution in [0.1, 0.15) is 102 Å². The number of aromatic nitrogens is 1. The molecule has 0 saturated heterocycles. The molecule has 3 aromatic rings. The molecule has 2 aromatic carbocycles. The van der Waals surface area contributed by atoms with E-state index in [-0.39, 0.29) is 49.1 Å². The van der Waals surface area contributed by atoms with Gasteiger partial charge in [0.1, 0.15) is 0 Å². The van der Waals surface area contributed by atoms with Crippen molar-refractivity contribution < 1.29 is 30.3 Å². The molecule has 3 aliphatic carbocycles. The van der Waals surface area contributed by atoms with Gasteiger partial charge < -0.3 is 15.2 Å². The second-order valence-electron chi connectivity index (χ2n) is 14.2. The zero-order valence-electron chi connectivity index (χ0n) is 25.3. The minimum atomic E-state index is -0.350. The van der Waals surface area contributed by atoms with E-state index >= 15 is 0 Å². The standard InChI is InChI=1S/C22H22N.C14H26O2.Ir/c1-15-11-16(2)13-20(12-15)22-21-8-7-18(17-5-3-4-6-17)14-19(21)9-10-23-22;1-13(2)7-5-6-9-8-14(3,4)12(16)10(9)11(13)15;/h7-12,14,17H,3-6H2,1-2H3;9-12,15-16H,5-8H2,1-4H3;/q-1;;. The van der Waals surface area contributed by atoms with Crippen LogP contribution in [0.3, 0.4) is 0 Å². The van der Waals surface area contributed by atoms with Gasteiger partial charge in [-0.05, 0) is 82.9 Å². The van der Waals surface area contributed by atoms with Crippen LogP contribution in [0.25, 0.3) is 22.0 Å². The molecule has 3 aliphatic rings. The van der Waals surface area contributed by atoms with Gasteiger partial charge in [0.05, 0.1) is 12.2 Å². The molecular formula is C36H48IrNO2-. The third-order valence-corrected chi connectivity index (χ3v) is 10.1. The predicted molar refractivity (Wildman–Crippen MR) is 162 cm³/mol. The molecule has 3 nitrogen and oxygen atoms in total. The summed E-state index contributed by atoms with van der Waals surface area (Å²) in [5.74, 6) is 1.36. The van der Waals surface area contributed by atoms with Crippen molar-refractivity contribution in [3.8, 4) is 11.3 Å². The van der Waals surface area contributed by atoms with Gasteiger partial charge in [-0.25, -0.2) is 0 Å². The number of benzene rings is 2. The maximum Gasteiger partial charge on any atom is 0.0646 e. The van der Waals surface area contributed by atoms with Crippen LogP contribution in [0.15, 0.2) is 42.6 Å².